The summed E-state index contributed by atoms with van der Waals surface area (Å²) in [5.41, 5.74) is 5.84. The normalized spacial score (nSPS) is 21.8. The maximum absolute atomic E-state index is 11.7. The fourth-order valence-corrected chi connectivity index (χ4v) is 2.43. The molecule has 0 atom stereocenters. The third-order valence-corrected chi connectivity index (χ3v) is 3.61. The first-order chi connectivity index (χ1) is 10.2. The number of para-hydroxylation sites is 1. The summed E-state index contributed by atoms with van der Waals surface area (Å²) in [4.78, 5) is 11.7. The van der Waals surface area contributed by atoms with Crippen LogP contribution in [0.2, 0.25) is 0 Å². The standard InChI is InChI=1S/C16H24N2O3/c17-13-6-8-14(9-7-13)18-16(19)12-20-10-11-21-15-4-2-1-3-5-15/h1-5,13-14H,6-12,17H2,(H,18,19). The van der Waals surface area contributed by atoms with Crippen LogP contribution in [-0.4, -0.2) is 37.8 Å². The molecule has 3 N–H and O–H groups in total. The number of hydrogen-bond acceptors (Lipinski definition) is 4. The summed E-state index contributed by atoms with van der Waals surface area (Å²) < 4.78 is 10.8. The molecule has 1 aromatic rings. The van der Waals surface area contributed by atoms with Crippen LogP contribution >= 0.6 is 0 Å². The predicted octanol–water partition coefficient (Wildman–Crippen LogP) is 1.47. The van der Waals surface area contributed by atoms with Gasteiger partial charge in [0.1, 0.15) is 19.0 Å². The first-order valence-corrected chi connectivity index (χ1v) is 7.54. The van der Waals surface area contributed by atoms with Gasteiger partial charge in [-0.1, -0.05) is 18.2 Å². The van der Waals surface area contributed by atoms with Crippen LogP contribution in [-0.2, 0) is 9.53 Å². The van der Waals surface area contributed by atoms with E-state index in [1.165, 1.54) is 0 Å². The van der Waals surface area contributed by atoms with Gasteiger partial charge >= 0.3 is 0 Å². The third kappa shape index (κ3) is 6.14. The highest BCUT2D eigenvalue weighted by atomic mass is 16.5. The van der Waals surface area contributed by atoms with Gasteiger partial charge in [0.15, 0.2) is 0 Å². The summed E-state index contributed by atoms with van der Waals surface area (Å²) in [5, 5.41) is 2.99. The summed E-state index contributed by atoms with van der Waals surface area (Å²) in [5.74, 6) is 0.749. The van der Waals surface area contributed by atoms with Gasteiger partial charge in [0.25, 0.3) is 0 Å². The maximum Gasteiger partial charge on any atom is 0.246 e. The molecule has 0 bridgehead atoms. The number of hydrogen-bond donors (Lipinski definition) is 2. The van der Waals surface area contributed by atoms with E-state index in [-0.39, 0.29) is 18.6 Å². The van der Waals surface area contributed by atoms with E-state index in [4.69, 9.17) is 15.2 Å². The largest absolute Gasteiger partial charge is 0.491 e. The minimum Gasteiger partial charge on any atom is -0.491 e. The van der Waals surface area contributed by atoms with E-state index in [2.05, 4.69) is 5.32 Å². The molecule has 5 heteroatoms. The highest BCUT2D eigenvalue weighted by Gasteiger charge is 2.19. The number of nitrogens with two attached hydrogens (primary N) is 1. The molecule has 0 aromatic heterocycles. The van der Waals surface area contributed by atoms with Crippen LogP contribution in [0.25, 0.3) is 0 Å². The van der Waals surface area contributed by atoms with Crippen molar-refractivity contribution in [2.24, 2.45) is 5.73 Å². The zero-order valence-electron chi connectivity index (χ0n) is 12.3. The van der Waals surface area contributed by atoms with Gasteiger partial charge < -0.3 is 20.5 Å². The quantitative estimate of drug-likeness (QED) is 0.746. The number of ether oxygens (including phenoxy) is 2. The monoisotopic (exact) mass is 292 g/mol. The third-order valence-electron chi connectivity index (χ3n) is 3.61. The second kappa shape index (κ2) is 8.64. The summed E-state index contributed by atoms with van der Waals surface area (Å²) in [6, 6.07) is 10.1. The van der Waals surface area contributed by atoms with Gasteiger partial charge in [0.2, 0.25) is 5.91 Å². The fraction of sp³-hybridized carbons (Fsp3) is 0.562. The lowest BCUT2D eigenvalue weighted by Gasteiger charge is -2.26. The Labute approximate surface area is 125 Å². The molecule has 116 valence electrons. The molecular weight excluding hydrogens is 268 g/mol. The molecule has 1 fully saturated rings. The average Bonchev–Trinajstić information content (AvgIpc) is 2.50. The van der Waals surface area contributed by atoms with E-state index in [1.54, 1.807) is 0 Å². The summed E-state index contributed by atoms with van der Waals surface area (Å²) in [6.07, 6.45) is 3.89. The van der Waals surface area contributed by atoms with Gasteiger partial charge in [-0.2, -0.15) is 0 Å². The summed E-state index contributed by atoms with van der Waals surface area (Å²) >= 11 is 0. The van der Waals surface area contributed by atoms with Crippen molar-refractivity contribution in [2.45, 2.75) is 37.8 Å². The molecule has 0 aliphatic heterocycles. The Kier molecular flexibility index (Phi) is 6.50. The van der Waals surface area contributed by atoms with E-state index < -0.39 is 0 Å². The zero-order valence-corrected chi connectivity index (χ0v) is 12.3. The van der Waals surface area contributed by atoms with Gasteiger partial charge in [-0.3, -0.25) is 4.79 Å². The molecule has 1 amide bonds. The number of amides is 1. The molecule has 0 saturated heterocycles. The van der Waals surface area contributed by atoms with Crippen LogP contribution in [0.3, 0.4) is 0 Å². The highest BCUT2D eigenvalue weighted by Crippen LogP contribution is 2.16. The van der Waals surface area contributed by atoms with Crippen LogP contribution in [0, 0.1) is 0 Å². The molecule has 21 heavy (non-hydrogen) atoms. The van der Waals surface area contributed by atoms with Crippen molar-refractivity contribution in [2.75, 3.05) is 19.8 Å². The van der Waals surface area contributed by atoms with Gasteiger partial charge in [-0.25, -0.2) is 0 Å². The van der Waals surface area contributed by atoms with Crippen molar-refractivity contribution < 1.29 is 14.3 Å². The molecule has 0 heterocycles. The smallest absolute Gasteiger partial charge is 0.246 e. The van der Waals surface area contributed by atoms with Crippen molar-refractivity contribution in [3.8, 4) is 5.75 Å². The molecule has 1 aliphatic carbocycles. The van der Waals surface area contributed by atoms with Crippen LogP contribution in [0.1, 0.15) is 25.7 Å². The zero-order chi connectivity index (χ0) is 14.9. The molecule has 1 aromatic carbocycles. The van der Waals surface area contributed by atoms with Gasteiger partial charge in [0.05, 0.1) is 6.61 Å². The Bertz CT molecular complexity index is 417. The average molecular weight is 292 g/mol. The number of carbonyl (C=O) groups is 1. The number of benzene rings is 1. The second-order valence-corrected chi connectivity index (χ2v) is 5.39. The molecule has 0 spiro atoms. The Hall–Kier alpha value is -1.59. The second-order valence-electron chi connectivity index (χ2n) is 5.39. The predicted molar refractivity (Wildman–Crippen MR) is 81.1 cm³/mol. The lowest BCUT2D eigenvalue weighted by molar-refractivity contribution is -0.126. The Balaban J connectivity index is 1.51. The summed E-state index contributed by atoms with van der Waals surface area (Å²) in [6.45, 7) is 0.925. The molecule has 1 aliphatic rings. The van der Waals surface area contributed by atoms with E-state index in [9.17, 15) is 4.79 Å². The van der Waals surface area contributed by atoms with E-state index in [1.807, 2.05) is 30.3 Å². The minimum atomic E-state index is -0.0600. The topological polar surface area (TPSA) is 73.6 Å². The number of rotatable bonds is 7. The summed E-state index contributed by atoms with van der Waals surface area (Å²) in [7, 11) is 0. The van der Waals surface area contributed by atoms with E-state index in [0.29, 0.717) is 19.3 Å². The maximum atomic E-state index is 11.7. The van der Waals surface area contributed by atoms with Crippen molar-refractivity contribution in [3.05, 3.63) is 30.3 Å². The molecule has 2 rings (SSSR count). The first-order valence-electron chi connectivity index (χ1n) is 7.54. The number of carbonyl (C=O) groups excluding carboxylic acids is 1. The van der Waals surface area contributed by atoms with Crippen LogP contribution < -0.4 is 15.8 Å². The molecule has 0 unspecified atom stereocenters. The molecule has 1 saturated carbocycles. The van der Waals surface area contributed by atoms with Crippen molar-refractivity contribution in [1.82, 2.24) is 5.32 Å². The lowest BCUT2D eigenvalue weighted by Crippen LogP contribution is -2.42. The van der Waals surface area contributed by atoms with Crippen LogP contribution in [0.5, 0.6) is 5.75 Å². The SMILES string of the molecule is NC1CCC(NC(=O)COCCOc2ccccc2)CC1. The van der Waals surface area contributed by atoms with Crippen molar-refractivity contribution in [1.29, 1.82) is 0 Å². The van der Waals surface area contributed by atoms with Gasteiger partial charge in [-0.15, -0.1) is 0 Å². The van der Waals surface area contributed by atoms with Crippen molar-refractivity contribution in [3.63, 3.8) is 0 Å². The first kappa shape index (κ1) is 15.8. The molecular formula is C16H24N2O3. The van der Waals surface area contributed by atoms with E-state index >= 15 is 0 Å². The minimum absolute atomic E-state index is 0.0600. The Morgan fingerprint density at radius 2 is 1.86 bits per heavy atom. The van der Waals surface area contributed by atoms with Gasteiger partial charge in [0, 0.05) is 12.1 Å². The van der Waals surface area contributed by atoms with Crippen LogP contribution in [0.15, 0.2) is 30.3 Å². The molecule has 5 nitrogen and oxygen atoms in total. The Morgan fingerprint density at radius 1 is 1.14 bits per heavy atom. The van der Waals surface area contributed by atoms with E-state index in [0.717, 1.165) is 31.4 Å². The van der Waals surface area contributed by atoms with Crippen LogP contribution in [0.4, 0.5) is 0 Å². The molecule has 0 radical (unpaired) electrons. The Morgan fingerprint density at radius 3 is 2.57 bits per heavy atom. The van der Waals surface area contributed by atoms with Gasteiger partial charge in [-0.05, 0) is 37.8 Å². The fourth-order valence-electron chi connectivity index (χ4n) is 2.43. The lowest BCUT2D eigenvalue weighted by atomic mass is 9.92. The highest BCUT2D eigenvalue weighted by molar-refractivity contribution is 5.77. The van der Waals surface area contributed by atoms with Crippen molar-refractivity contribution >= 4 is 5.91 Å². The number of nitrogens with one attached hydrogen (secondary N) is 1.